The molecule has 1 aliphatic rings. The Morgan fingerprint density at radius 3 is 2.91 bits per heavy atom. The Balaban J connectivity index is 2.58. The van der Waals surface area contributed by atoms with Crippen molar-refractivity contribution in [2.75, 3.05) is 6.61 Å². The second-order valence-electron chi connectivity index (χ2n) is 2.99. The molecule has 0 fully saturated rings. The lowest BCUT2D eigenvalue weighted by Gasteiger charge is -2.26. The summed E-state index contributed by atoms with van der Waals surface area (Å²) in [5.74, 6) is 0. The summed E-state index contributed by atoms with van der Waals surface area (Å²) in [6.45, 7) is 4.81. The summed E-state index contributed by atoms with van der Waals surface area (Å²) in [5.41, 5.74) is 6.28. The minimum atomic E-state index is -0.127. The molecule has 0 bridgehead atoms. The van der Waals surface area contributed by atoms with Crippen LogP contribution in [0.2, 0.25) is 0 Å². The number of rotatable bonds is 2. The van der Waals surface area contributed by atoms with E-state index in [9.17, 15) is 0 Å². The molecule has 62 valence electrons. The Bertz CT molecular complexity index is 196. The predicted molar refractivity (Wildman–Crippen MR) is 46.1 cm³/mol. The van der Waals surface area contributed by atoms with E-state index in [2.05, 4.69) is 6.92 Å². The van der Waals surface area contributed by atoms with E-state index in [1.54, 1.807) is 0 Å². The van der Waals surface area contributed by atoms with Gasteiger partial charge in [-0.3, -0.25) is 0 Å². The zero-order chi connectivity index (χ0) is 8.32. The van der Waals surface area contributed by atoms with Crippen molar-refractivity contribution >= 4 is 0 Å². The highest BCUT2D eigenvalue weighted by Gasteiger charge is 2.21. The van der Waals surface area contributed by atoms with Gasteiger partial charge in [-0.1, -0.05) is 12.2 Å². The lowest BCUT2D eigenvalue weighted by Crippen LogP contribution is -2.27. The molecule has 11 heavy (non-hydrogen) atoms. The topological polar surface area (TPSA) is 35.2 Å². The van der Waals surface area contributed by atoms with Crippen molar-refractivity contribution in [3.63, 3.8) is 0 Å². The summed E-state index contributed by atoms with van der Waals surface area (Å²) in [4.78, 5) is 0. The largest absolute Gasteiger partial charge is 0.399 e. The summed E-state index contributed by atoms with van der Waals surface area (Å²) < 4.78 is 5.53. The van der Waals surface area contributed by atoms with Gasteiger partial charge in [0.25, 0.3) is 0 Å². The molecular formula is C9H15NO. The molecule has 0 aromatic heterocycles. The molecule has 1 aliphatic carbocycles. The first-order chi connectivity index (χ1) is 5.16. The fourth-order valence-corrected chi connectivity index (χ4v) is 1.17. The summed E-state index contributed by atoms with van der Waals surface area (Å²) in [5, 5.41) is 0. The van der Waals surface area contributed by atoms with Crippen LogP contribution in [0.1, 0.15) is 20.3 Å². The fraction of sp³-hybridized carbons (Fsp3) is 0.556. The summed E-state index contributed by atoms with van der Waals surface area (Å²) in [6.07, 6.45) is 6.80. The van der Waals surface area contributed by atoms with Crippen LogP contribution in [0.25, 0.3) is 0 Å². The molecule has 1 unspecified atom stereocenters. The standard InChI is InChI=1S/C9H15NO/c1-3-11-9(2)6-4-8(10)5-7-9/h4-6H,3,7,10H2,1-2H3. The third kappa shape index (κ3) is 2.09. The number of ether oxygens (including phenoxy) is 1. The van der Waals surface area contributed by atoms with Crippen molar-refractivity contribution in [1.82, 2.24) is 0 Å². The zero-order valence-electron chi connectivity index (χ0n) is 7.13. The molecule has 2 heteroatoms. The van der Waals surface area contributed by atoms with Crippen molar-refractivity contribution in [3.8, 4) is 0 Å². The van der Waals surface area contributed by atoms with E-state index in [-0.39, 0.29) is 5.60 Å². The molecule has 1 rings (SSSR count). The first kappa shape index (κ1) is 8.34. The van der Waals surface area contributed by atoms with Gasteiger partial charge in [0.1, 0.15) is 0 Å². The highest BCUT2D eigenvalue weighted by molar-refractivity contribution is 5.24. The van der Waals surface area contributed by atoms with Gasteiger partial charge in [-0.05, 0) is 19.9 Å². The molecule has 0 amide bonds. The molecule has 0 aliphatic heterocycles. The van der Waals surface area contributed by atoms with Crippen LogP contribution in [-0.2, 0) is 4.74 Å². The molecule has 0 saturated carbocycles. The van der Waals surface area contributed by atoms with Crippen LogP contribution in [0.15, 0.2) is 23.9 Å². The number of hydrogen-bond donors (Lipinski definition) is 1. The Kier molecular flexibility index (Phi) is 2.35. The number of hydrogen-bond acceptors (Lipinski definition) is 2. The third-order valence-corrected chi connectivity index (χ3v) is 1.85. The third-order valence-electron chi connectivity index (χ3n) is 1.85. The molecule has 1 atom stereocenters. The lowest BCUT2D eigenvalue weighted by molar-refractivity contribution is 0.0150. The monoisotopic (exact) mass is 153 g/mol. The van der Waals surface area contributed by atoms with E-state index < -0.39 is 0 Å². The van der Waals surface area contributed by atoms with Crippen LogP contribution < -0.4 is 5.73 Å². The number of nitrogens with two attached hydrogens (primary N) is 1. The minimum Gasteiger partial charge on any atom is -0.399 e. The molecule has 0 aromatic carbocycles. The summed E-state index contributed by atoms with van der Waals surface area (Å²) >= 11 is 0. The van der Waals surface area contributed by atoms with Crippen LogP contribution in [-0.4, -0.2) is 12.2 Å². The van der Waals surface area contributed by atoms with Crippen molar-refractivity contribution < 1.29 is 4.74 Å². The van der Waals surface area contributed by atoms with Crippen molar-refractivity contribution in [1.29, 1.82) is 0 Å². The molecular weight excluding hydrogens is 138 g/mol. The van der Waals surface area contributed by atoms with Crippen LogP contribution in [0.5, 0.6) is 0 Å². The quantitative estimate of drug-likeness (QED) is 0.653. The zero-order valence-corrected chi connectivity index (χ0v) is 7.13. The van der Waals surface area contributed by atoms with E-state index >= 15 is 0 Å². The lowest BCUT2D eigenvalue weighted by atomic mass is 9.96. The van der Waals surface area contributed by atoms with Crippen LogP contribution in [0.4, 0.5) is 0 Å². The van der Waals surface area contributed by atoms with E-state index in [0.717, 1.165) is 18.7 Å². The van der Waals surface area contributed by atoms with Crippen molar-refractivity contribution in [3.05, 3.63) is 23.9 Å². The second-order valence-corrected chi connectivity index (χ2v) is 2.99. The van der Waals surface area contributed by atoms with Gasteiger partial charge in [0.2, 0.25) is 0 Å². The van der Waals surface area contributed by atoms with E-state index in [1.807, 2.05) is 25.2 Å². The maximum atomic E-state index is 5.57. The van der Waals surface area contributed by atoms with Gasteiger partial charge in [-0.15, -0.1) is 0 Å². The van der Waals surface area contributed by atoms with Crippen molar-refractivity contribution in [2.24, 2.45) is 5.73 Å². The Hall–Kier alpha value is -0.760. The molecule has 0 heterocycles. The molecule has 2 N–H and O–H groups in total. The molecule has 0 saturated heterocycles. The van der Waals surface area contributed by atoms with E-state index in [4.69, 9.17) is 10.5 Å². The predicted octanol–water partition coefficient (Wildman–Crippen LogP) is 1.58. The maximum Gasteiger partial charge on any atom is 0.0873 e. The van der Waals surface area contributed by atoms with E-state index in [1.165, 1.54) is 0 Å². The molecule has 0 radical (unpaired) electrons. The minimum absolute atomic E-state index is 0.127. The first-order valence-corrected chi connectivity index (χ1v) is 3.95. The Morgan fingerprint density at radius 1 is 1.73 bits per heavy atom. The van der Waals surface area contributed by atoms with Crippen molar-refractivity contribution in [2.45, 2.75) is 25.9 Å². The van der Waals surface area contributed by atoms with Crippen LogP contribution >= 0.6 is 0 Å². The van der Waals surface area contributed by atoms with Gasteiger partial charge >= 0.3 is 0 Å². The van der Waals surface area contributed by atoms with E-state index in [0.29, 0.717) is 0 Å². The molecule has 2 nitrogen and oxygen atoms in total. The van der Waals surface area contributed by atoms with Crippen LogP contribution in [0, 0.1) is 0 Å². The van der Waals surface area contributed by atoms with Crippen LogP contribution in [0.3, 0.4) is 0 Å². The highest BCUT2D eigenvalue weighted by Crippen LogP contribution is 2.22. The van der Waals surface area contributed by atoms with Gasteiger partial charge in [-0.25, -0.2) is 0 Å². The molecule has 0 aromatic rings. The fourth-order valence-electron chi connectivity index (χ4n) is 1.17. The molecule has 0 spiro atoms. The highest BCUT2D eigenvalue weighted by atomic mass is 16.5. The smallest absolute Gasteiger partial charge is 0.0873 e. The normalized spacial score (nSPS) is 30.2. The van der Waals surface area contributed by atoms with Gasteiger partial charge in [-0.2, -0.15) is 0 Å². The van der Waals surface area contributed by atoms with Gasteiger partial charge in [0.05, 0.1) is 5.60 Å². The summed E-state index contributed by atoms with van der Waals surface area (Å²) in [6, 6.07) is 0. The number of allylic oxidation sites excluding steroid dienone is 1. The van der Waals surface area contributed by atoms with Gasteiger partial charge in [0.15, 0.2) is 0 Å². The average Bonchev–Trinajstić information content (AvgIpc) is 1.97. The Labute approximate surface area is 67.7 Å². The second kappa shape index (κ2) is 3.09. The summed E-state index contributed by atoms with van der Waals surface area (Å²) in [7, 11) is 0. The average molecular weight is 153 g/mol. The van der Waals surface area contributed by atoms with Gasteiger partial charge in [0, 0.05) is 18.7 Å². The van der Waals surface area contributed by atoms with Gasteiger partial charge < -0.3 is 10.5 Å². The SMILES string of the molecule is CCOC1(C)C=CC(N)=CC1. The first-order valence-electron chi connectivity index (χ1n) is 3.95. The maximum absolute atomic E-state index is 5.57. The Morgan fingerprint density at radius 2 is 2.45 bits per heavy atom.